The Morgan fingerprint density at radius 1 is 1.29 bits per heavy atom. The first-order chi connectivity index (χ1) is 9.96. The Labute approximate surface area is 127 Å². The molecule has 0 aliphatic rings. The fourth-order valence-electron chi connectivity index (χ4n) is 1.92. The topological polar surface area (TPSA) is 64.8 Å². The van der Waals surface area contributed by atoms with Crippen LogP contribution in [0.5, 0.6) is 11.5 Å². The summed E-state index contributed by atoms with van der Waals surface area (Å²) < 4.78 is 10.7. The van der Waals surface area contributed by atoms with E-state index in [0.717, 1.165) is 17.9 Å². The average molecular weight is 294 g/mol. The Morgan fingerprint density at radius 2 is 1.86 bits per heavy atom. The van der Waals surface area contributed by atoms with Crippen LogP contribution in [0.25, 0.3) is 0 Å². The number of carbonyl (C=O) groups excluding carboxylic acids is 1. The molecular formula is C16H26N2O3. The van der Waals surface area contributed by atoms with Crippen LogP contribution in [0.4, 0.5) is 0 Å². The first kappa shape index (κ1) is 17.3. The third-order valence-electron chi connectivity index (χ3n) is 3.85. The number of hydrogen-bond acceptors (Lipinski definition) is 4. The third kappa shape index (κ3) is 4.63. The van der Waals surface area contributed by atoms with Crippen LogP contribution in [0.15, 0.2) is 24.3 Å². The molecule has 0 aliphatic heterocycles. The van der Waals surface area contributed by atoms with E-state index < -0.39 is 5.41 Å². The van der Waals surface area contributed by atoms with Gasteiger partial charge in [-0.25, -0.2) is 0 Å². The highest BCUT2D eigenvalue weighted by atomic mass is 16.5. The molecule has 1 rings (SSSR count). The molecule has 0 fully saturated rings. The number of hydrogen-bond donors (Lipinski definition) is 1. The molecule has 118 valence electrons. The molecule has 1 atom stereocenters. The van der Waals surface area contributed by atoms with Crippen molar-refractivity contribution in [3.63, 3.8) is 0 Å². The first-order valence-electron chi connectivity index (χ1n) is 7.19. The fourth-order valence-corrected chi connectivity index (χ4v) is 1.92. The van der Waals surface area contributed by atoms with Gasteiger partial charge in [0.1, 0.15) is 18.1 Å². The molecule has 0 bridgehead atoms. The highest BCUT2D eigenvalue weighted by Crippen LogP contribution is 2.22. The van der Waals surface area contributed by atoms with Crippen molar-refractivity contribution in [2.75, 3.05) is 33.9 Å². The lowest BCUT2D eigenvalue weighted by Gasteiger charge is -2.30. The van der Waals surface area contributed by atoms with Gasteiger partial charge in [0.2, 0.25) is 5.91 Å². The molecule has 1 unspecified atom stereocenters. The number of carbonyl (C=O) groups is 1. The number of amides is 1. The molecule has 0 saturated carbocycles. The number of methoxy groups -OCH3 is 1. The summed E-state index contributed by atoms with van der Waals surface area (Å²) >= 11 is 0. The molecule has 0 aliphatic carbocycles. The minimum absolute atomic E-state index is 0.0610. The number of rotatable bonds is 8. The van der Waals surface area contributed by atoms with Crippen molar-refractivity contribution < 1.29 is 14.3 Å². The second-order valence-corrected chi connectivity index (χ2v) is 5.37. The molecule has 0 saturated heterocycles. The molecular weight excluding hydrogens is 268 g/mol. The molecule has 21 heavy (non-hydrogen) atoms. The Kier molecular flexibility index (Phi) is 6.49. The monoisotopic (exact) mass is 294 g/mol. The zero-order valence-electron chi connectivity index (χ0n) is 13.4. The fraction of sp³-hybridized carbons (Fsp3) is 0.562. The molecule has 5 heteroatoms. The van der Waals surface area contributed by atoms with Crippen LogP contribution in [0.2, 0.25) is 0 Å². The van der Waals surface area contributed by atoms with Crippen LogP contribution >= 0.6 is 0 Å². The second-order valence-electron chi connectivity index (χ2n) is 5.37. The minimum Gasteiger partial charge on any atom is -0.497 e. The quantitative estimate of drug-likeness (QED) is 0.795. The average Bonchev–Trinajstić information content (AvgIpc) is 2.53. The van der Waals surface area contributed by atoms with E-state index in [1.54, 1.807) is 19.1 Å². The maximum atomic E-state index is 12.3. The van der Waals surface area contributed by atoms with Crippen LogP contribution in [0.3, 0.4) is 0 Å². The lowest BCUT2D eigenvalue weighted by molar-refractivity contribution is -0.139. The smallest absolute Gasteiger partial charge is 0.229 e. The van der Waals surface area contributed by atoms with E-state index in [1.165, 1.54) is 0 Å². The van der Waals surface area contributed by atoms with Gasteiger partial charge in [0.25, 0.3) is 0 Å². The summed E-state index contributed by atoms with van der Waals surface area (Å²) in [5.41, 5.74) is 5.22. The third-order valence-corrected chi connectivity index (χ3v) is 3.85. The SMILES string of the molecule is CCC(C)(CN)C(=O)N(C)CCOc1ccc(OC)cc1. The van der Waals surface area contributed by atoms with E-state index in [-0.39, 0.29) is 5.91 Å². The van der Waals surface area contributed by atoms with Crippen molar-refractivity contribution in [2.24, 2.45) is 11.1 Å². The molecule has 0 radical (unpaired) electrons. The van der Waals surface area contributed by atoms with Gasteiger partial charge in [0.05, 0.1) is 19.1 Å². The Morgan fingerprint density at radius 3 is 2.33 bits per heavy atom. The van der Waals surface area contributed by atoms with Crippen LogP contribution in [-0.4, -0.2) is 44.7 Å². The Hall–Kier alpha value is -1.75. The van der Waals surface area contributed by atoms with E-state index >= 15 is 0 Å². The van der Waals surface area contributed by atoms with Gasteiger partial charge < -0.3 is 20.1 Å². The van der Waals surface area contributed by atoms with Crippen LogP contribution in [-0.2, 0) is 4.79 Å². The normalized spacial score (nSPS) is 13.4. The van der Waals surface area contributed by atoms with Crippen molar-refractivity contribution in [3.05, 3.63) is 24.3 Å². The van der Waals surface area contributed by atoms with E-state index in [4.69, 9.17) is 15.2 Å². The van der Waals surface area contributed by atoms with Crippen LogP contribution in [0, 0.1) is 5.41 Å². The van der Waals surface area contributed by atoms with Crippen molar-refractivity contribution >= 4 is 5.91 Å². The molecule has 1 aromatic carbocycles. The molecule has 2 N–H and O–H groups in total. The summed E-state index contributed by atoms with van der Waals surface area (Å²) in [6, 6.07) is 7.37. The molecule has 1 aromatic rings. The van der Waals surface area contributed by atoms with Crippen molar-refractivity contribution in [3.8, 4) is 11.5 Å². The predicted octanol–water partition coefficient (Wildman–Crippen LogP) is 1.91. The van der Waals surface area contributed by atoms with E-state index in [9.17, 15) is 4.79 Å². The van der Waals surface area contributed by atoms with Crippen molar-refractivity contribution in [1.82, 2.24) is 4.90 Å². The highest BCUT2D eigenvalue weighted by molar-refractivity contribution is 5.82. The highest BCUT2D eigenvalue weighted by Gasteiger charge is 2.32. The summed E-state index contributed by atoms with van der Waals surface area (Å²) in [5.74, 6) is 1.61. The maximum absolute atomic E-state index is 12.3. The predicted molar refractivity (Wildman–Crippen MR) is 83.6 cm³/mol. The molecule has 0 spiro atoms. The number of ether oxygens (including phenoxy) is 2. The number of benzene rings is 1. The van der Waals surface area contributed by atoms with Crippen LogP contribution < -0.4 is 15.2 Å². The van der Waals surface area contributed by atoms with Gasteiger partial charge >= 0.3 is 0 Å². The molecule has 5 nitrogen and oxygen atoms in total. The Balaban J connectivity index is 2.45. The van der Waals surface area contributed by atoms with Gasteiger partial charge in [-0.05, 0) is 37.6 Å². The summed E-state index contributed by atoms with van der Waals surface area (Å²) in [6.45, 7) is 5.20. The largest absolute Gasteiger partial charge is 0.497 e. The van der Waals surface area contributed by atoms with Gasteiger partial charge in [0.15, 0.2) is 0 Å². The number of likely N-dealkylation sites (N-methyl/N-ethyl adjacent to an activating group) is 1. The summed E-state index contributed by atoms with van der Waals surface area (Å²) in [5, 5.41) is 0. The lowest BCUT2D eigenvalue weighted by Crippen LogP contribution is -2.45. The minimum atomic E-state index is -0.491. The Bertz CT molecular complexity index is 441. The molecule has 0 heterocycles. The van der Waals surface area contributed by atoms with Gasteiger partial charge in [-0.1, -0.05) is 6.92 Å². The van der Waals surface area contributed by atoms with Gasteiger partial charge in [-0.2, -0.15) is 0 Å². The van der Waals surface area contributed by atoms with Gasteiger partial charge in [0, 0.05) is 13.6 Å². The second kappa shape index (κ2) is 7.88. The van der Waals surface area contributed by atoms with E-state index in [0.29, 0.717) is 19.7 Å². The standard InChI is InChI=1S/C16H26N2O3/c1-5-16(2,12-17)15(19)18(3)10-11-21-14-8-6-13(20-4)7-9-14/h6-9H,5,10-12,17H2,1-4H3. The summed E-state index contributed by atoms with van der Waals surface area (Å²) in [7, 11) is 3.40. The van der Waals surface area contributed by atoms with E-state index in [2.05, 4.69) is 0 Å². The zero-order chi connectivity index (χ0) is 15.9. The first-order valence-corrected chi connectivity index (χ1v) is 7.19. The van der Waals surface area contributed by atoms with Crippen LogP contribution in [0.1, 0.15) is 20.3 Å². The lowest BCUT2D eigenvalue weighted by atomic mass is 9.86. The zero-order valence-corrected chi connectivity index (χ0v) is 13.4. The maximum Gasteiger partial charge on any atom is 0.229 e. The van der Waals surface area contributed by atoms with E-state index in [1.807, 2.05) is 38.1 Å². The van der Waals surface area contributed by atoms with Crippen molar-refractivity contribution in [1.29, 1.82) is 0 Å². The van der Waals surface area contributed by atoms with Crippen molar-refractivity contribution in [2.45, 2.75) is 20.3 Å². The van der Waals surface area contributed by atoms with Gasteiger partial charge in [-0.15, -0.1) is 0 Å². The summed E-state index contributed by atoms with van der Waals surface area (Å²) in [6.07, 6.45) is 0.728. The van der Waals surface area contributed by atoms with Gasteiger partial charge in [-0.3, -0.25) is 4.79 Å². The summed E-state index contributed by atoms with van der Waals surface area (Å²) in [4.78, 5) is 14.0. The molecule has 1 amide bonds. The number of nitrogens with two attached hydrogens (primary N) is 1. The number of nitrogens with zero attached hydrogens (tertiary/aromatic N) is 1. The molecule has 0 aromatic heterocycles.